The van der Waals surface area contributed by atoms with Crippen molar-refractivity contribution >= 4 is 11.9 Å². The van der Waals surface area contributed by atoms with E-state index in [-0.39, 0.29) is 29.6 Å². The van der Waals surface area contributed by atoms with Gasteiger partial charge in [0.1, 0.15) is 11.7 Å². The maximum atomic E-state index is 13.8. The van der Waals surface area contributed by atoms with Crippen LogP contribution in [-0.4, -0.2) is 23.6 Å². The average molecular weight is 483 g/mol. The van der Waals surface area contributed by atoms with Crippen molar-refractivity contribution in [1.82, 2.24) is 0 Å². The van der Waals surface area contributed by atoms with Crippen LogP contribution in [0.15, 0.2) is 0 Å². The van der Waals surface area contributed by atoms with Gasteiger partial charge < -0.3 is 9.47 Å². The number of rotatable bonds is 6. The average Bonchev–Trinajstić information content (AvgIpc) is 3.60. The first-order chi connectivity index (χ1) is 16.7. The molecule has 8 aliphatic carbocycles. The Morgan fingerprint density at radius 1 is 0.800 bits per heavy atom. The lowest BCUT2D eigenvalue weighted by Crippen LogP contribution is -2.60. The van der Waals surface area contributed by atoms with Crippen LogP contribution in [-0.2, 0) is 19.1 Å². The summed E-state index contributed by atoms with van der Waals surface area (Å²) in [6.45, 7) is 8.36. The Labute approximate surface area is 211 Å². The smallest absolute Gasteiger partial charge is 0.311 e. The summed E-state index contributed by atoms with van der Waals surface area (Å²) in [5.41, 5.74) is -0.552. The van der Waals surface area contributed by atoms with Crippen LogP contribution in [0.4, 0.5) is 0 Å². The summed E-state index contributed by atoms with van der Waals surface area (Å²) in [5, 5.41) is 0. The molecule has 0 aromatic carbocycles. The Balaban J connectivity index is 1.04. The highest BCUT2D eigenvalue weighted by atomic mass is 16.6. The molecule has 8 fully saturated rings. The quantitative estimate of drug-likeness (QED) is 0.324. The molecule has 0 spiro atoms. The molecule has 8 bridgehead atoms. The van der Waals surface area contributed by atoms with Crippen LogP contribution in [0.2, 0.25) is 0 Å². The highest BCUT2D eigenvalue weighted by molar-refractivity contribution is 5.76. The maximum absolute atomic E-state index is 13.8. The highest BCUT2D eigenvalue weighted by Crippen LogP contribution is 2.70. The van der Waals surface area contributed by atoms with Gasteiger partial charge in [-0.05, 0) is 144 Å². The van der Waals surface area contributed by atoms with E-state index in [4.69, 9.17) is 9.47 Å². The minimum atomic E-state index is -0.391. The van der Waals surface area contributed by atoms with Crippen LogP contribution in [0.3, 0.4) is 0 Å². The zero-order valence-corrected chi connectivity index (χ0v) is 22.3. The van der Waals surface area contributed by atoms with E-state index < -0.39 is 5.41 Å². The van der Waals surface area contributed by atoms with Crippen molar-refractivity contribution in [2.45, 2.75) is 110 Å². The van der Waals surface area contributed by atoms with Crippen molar-refractivity contribution in [3.63, 3.8) is 0 Å². The standard InChI is InChI=1S/C31H46O4/c1-5-30(3,4)29(33)34-25-15-19-14-24(25)27-18-12-22(26(19)27)23(13-18)28(32)35-31(6-2)20-8-16-7-17(10-20)11-21(31)9-16/h16-27H,5-15H2,1-4H3. The van der Waals surface area contributed by atoms with Gasteiger partial charge in [0, 0.05) is 0 Å². The summed E-state index contributed by atoms with van der Waals surface area (Å²) in [6.07, 6.45) is 13.0. The van der Waals surface area contributed by atoms with Crippen molar-refractivity contribution in [2.24, 2.45) is 70.5 Å². The van der Waals surface area contributed by atoms with E-state index in [2.05, 4.69) is 13.8 Å². The predicted octanol–water partition coefficient (Wildman–Crippen LogP) is 6.41. The number of hydrogen-bond donors (Lipinski definition) is 0. The molecule has 8 aliphatic rings. The van der Waals surface area contributed by atoms with Crippen molar-refractivity contribution in [2.75, 3.05) is 0 Å². The molecule has 0 heterocycles. The summed E-state index contributed by atoms with van der Waals surface area (Å²) in [5.74, 6) is 6.97. The third-order valence-corrected chi connectivity index (χ3v) is 13.1. The van der Waals surface area contributed by atoms with Crippen molar-refractivity contribution in [1.29, 1.82) is 0 Å². The van der Waals surface area contributed by atoms with Gasteiger partial charge >= 0.3 is 11.9 Å². The summed E-state index contributed by atoms with van der Waals surface area (Å²) in [4.78, 5) is 26.6. The number of carbonyl (C=O) groups is 2. The molecule has 35 heavy (non-hydrogen) atoms. The number of hydrogen-bond acceptors (Lipinski definition) is 4. The van der Waals surface area contributed by atoms with Crippen molar-refractivity contribution in [3.8, 4) is 0 Å². The molecule has 4 heteroatoms. The second-order valence-corrected chi connectivity index (χ2v) is 14.8. The first-order valence-electron chi connectivity index (χ1n) is 15.2. The summed E-state index contributed by atoms with van der Waals surface area (Å²) in [7, 11) is 0. The molecule has 0 radical (unpaired) electrons. The van der Waals surface area contributed by atoms with Gasteiger partial charge in [0.15, 0.2) is 0 Å². The van der Waals surface area contributed by atoms with Gasteiger partial charge in [0.2, 0.25) is 0 Å². The van der Waals surface area contributed by atoms with E-state index in [1.807, 2.05) is 13.8 Å². The third kappa shape index (κ3) is 3.16. The van der Waals surface area contributed by atoms with Gasteiger partial charge in [-0.1, -0.05) is 13.8 Å². The fourth-order valence-corrected chi connectivity index (χ4v) is 11.4. The summed E-state index contributed by atoms with van der Waals surface area (Å²) in [6, 6.07) is 0. The van der Waals surface area contributed by atoms with E-state index in [0.29, 0.717) is 47.3 Å². The molecular weight excluding hydrogens is 436 g/mol. The van der Waals surface area contributed by atoms with Crippen molar-refractivity contribution < 1.29 is 19.1 Å². The largest absolute Gasteiger partial charge is 0.462 e. The lowest BCUT2D eigenvalue weighted by molar-refractivity contribution is -0.216. The molecule has 8 unspecified atom stereocenters. The first kappa shape index (κ1) is 23.1. The van der Waals surface area contributed by atoms with Gasteiger partial charge in [-0.15, -0.1) is 0 Å². The molecular formula is C31H46O4. The Morgan fingerprint density at radius 3 is 2.03 bits per heavy atom. The summed E-state index contributed by atoms with van der Waals surface area (Å²) >= 11 is 0. The first-order valence-corrected chi connectivity index (χ1v) is 15.2. The molecule has 0 amide bonds. The van der Waals surface area contributed by atoms with E-state index in [1.54, 1.807) is 0 Å². The topological polar surface area (TPSA) is 52.6 Å². The predicted molar refractivity (Wildman–Crippen MR) is 133 cm³/mol. The van der Waals surface area contributed by atoms with Gasteiger partial charge in [-0.25, -0.2) is 0 Å². The Bertz CT molecular complexity index is 878. The molecule has 0 aliphatic heterocycles. The van der Waals surface area contributed by atoms with Gasteiger partial charge in [0.05, 0.1) is 11.3 Å². The van der Waals surface area contributed by atoms with E-state index in [9.17, 15) is 9.59 Å². The lowest BCUT2D eigenvalue weighted by Gasteiger charge is -2.60. The van der Waals surface area contributed by atoms with Crippen LogP contribution >= 0.6 is 0 Å². The zero-order chi connectivity index (χ0) is 24.3. The molecule has 8 atom stereocenters. The Kier molecular flexibility index (Phi) is 5.10. The lowest BCUT2D eigenvalue weighted by atomic mass is 9.49. The molecule has 8 rings (SSSR count). The van der Waals surface area contributed by atoms with Crippen LogP contribution < -0.4 is 0 Å². The molecule has 8 saturated carbocycles. The van der Waals surface area contributed by atoms with E-state index >= 15 is 0 Å². The van der Waals surface area contributed by atoms with E-state index in [1.165, 1.54) is 44.9 Å². The number of fused-ring (bicyclic) bond motifs is 9. The fourth-order valence-electron chi connectivity index (χ4n) is 11.4. The van der Waals surface area contributed by atoms with Gasteiger partial charge in [0.25, 0.3) is 0 Å². The van der Waals surface area contributed by atoms with Crippen LogP contribution in [0.5, 0.6) is 0 Å². The molecule has 0 aromatic heterocycles. The van der Waals surface area contributed by atoms with E-state index in [0.717, 1.165) is 37.5 Å². The fraction of sp³-hybridized carbons (Fsp3) is 0.935. The Morgan fingerprint density at radius 2 is 1.40 bits per heavy atom. The maximum Gasteiger partial charge on any atom is 0.311 e. The van der Waals surface area contributed by atoms with Gasteiger partial charge in [-0.3, -0.25) is 9.59 Å². The molecule has 0 aromatic rings. The minimum absolute atomic E-state index is 0.0146. The van der Waals surface area contributed by atoms with Crippen LogP contribution in [0, 0.1) is 70.5 Å². The Hall–Kier alpha value is -1.06. The van der Waals surface area contributed by atoms with Gasteiger partial charge in [-0.2, -0.15) is 0 Å². The number of carbonyl (C=O) groups excluding carboxylic acids is 2. The van der Waals surface area contributed by atoms with Crippen LogP contribution in [0.1, 0.15) is 98.3 Å². The highest BCUT2D eigenvalue weighted by Gasteiger charge is 2.67. The van der Waals surface area contributed by atoms with Crippen LogP contribution in [0.25, 0.3) is 0 Å². The van der Waals surface area contributed by atoms with Crippen molar-refractivity contribution in [3.05, 3.63) is 0 Å². The summed E-state index contributed by atoms with van der Waals surface area (Å²) < 4.78 is 12.9. The molecule has 4 nitrogen and oxygen atoms in total. The third-order valence-electron chi connectivity index (χ3n) is 13.1. The second-order valence-electron chi connectivity index (χ2n) is 14.8. The monoisotopic (exact) mass is 482 g/mol. The second kappa shape index (κ2) is 7.73. The minimum Gasteiger partial charge on any atom is -0.462 e. The number of ether oxygens (including phenoxy) is 2. The normalized spacial score (nSPS) is 52.7. The molecule has 194 valence electrons. The molecule has 0 saturated heterocycles. The molecule has 0 N–H and O–H groups in total. The number of esters is 2. The SMILES string of the molecule is CCC(C)(C)C(=O)OC1CC2CC1C1C3CC(C(=O)OC4(CC)C5CC6CC(C5)CC4C6)C(C3)C21. The zero-order valence-electron chi connectivity index (χ0n) is 22.3.